The molecule has 0 radical (unpaired) electrons. The highest BCUT2D eigenvalue weighted by molar-refractivity contribution is 5.87. The molecule has 3 nitrogen and oxygen atoms in total. The Bertz CT molecular complexity index is 317. The summed E-state index contributed by atoms with van der Waals surface area (Å²) < 4.78 is 26.6. The maximum Gasteiger partial charge on any atom is 0.265 e. The molecule has 0 aliphatic carbocycles. The Hall–Kier alpha value is -0.970. The van der Waals surface area contributed by atoms with Crippen LogP contribution in [0.5, 0.6) is 0 Å². The van der Waals surface area contributed by atoms with E-state index in [0.717, 1.165) is 0 Å². The first-order chi connectivity index (χ1) is 9.21. The van der Waals surface area contributed by atoms with Gasteiger partial charge < -0.3 is 9.80 Å². The molecular formula is C15H28F2N2O. The Labute approximate surface area is 121 Å². The number of hydrogen-bond acceptors (Lipinski definition) is 2. The fraction of sp³-hybridized carbons (Fsp3) is 0.800. The van der Waals surface area contributed by atoms with Gasteiger partial charge in [-0.05, 0) is 20.0 Å². The summed E-state index contributed by atoms with van der Waals surface area (Å²) in [6.45, 7) is 6.59. The average molecular weight is 290 g/mol. The minimum atomic E-state index is -2.75. The fourth-order valence-corrected chi connectivity index (χ4v) is 2.00. The molecule has 0 N–H and O–H groups in total. The summed E-state index contributed by atoms with van der Waals surface area (Å²) in [4.78, 5) is 14.8. The van der Waals surface area contributed by atoms with Crippen LogP contribution in [0.2, 0.25) is 0 Å². The predicted octanol–water partition coefficient (Wildman–Crippen LogP) is 3.02. The van der Waals surface area contributed by atoms with Gasteiger partial charge in [-0.1, -0.05) is 33.3 Å². The smallest absolute Gasteiger partial charge is 0.265 e. The Balaban J connectivity index is 0.00000110. The van der Waals surface area contributed by atoms with Gasteiger partial charge in [0.2, 0.25) is 5.91 Å². The lowest BCUT2D eigenvalue weighted by Crippen LogP contribution is -2.48. The first-order valence-electron chi connectivity index (χ1n) is 7.19. The Morgan fingerprint density at radius 1 is 1.40 bits per heavy atom. The number of carbonyl (C=O) groups is 1. The number of likely N-dealkylation sites (tertiary alicyclic amines) is 1. The normalized spacial score (nSPS) is 21.8. The zero-order chi connectivity index (χ0) is 15.8. The van der Waals surface area contributed by atoms with Gasteiger partial charge in [0.15, 0.2) is 0 Å². The van der Waals surface area contributed by atoms with Crippen LogP contribution < -0.4 is 0 Å². The van der Waals surface area contributed by atoms with Crippen molar-refractivity contribution in [3.05, 3.63) is 12.2 Å². The summed E-state index contributed by atoms with van der Waals surface area (Å²) in [7, 11) is 3.76. The van der Waals surface area contributed by atoms with Crippen molar-refractivity contribution in [2.24, 2.45) is 5.92 Å². The van der Waals surface area contributed by atoms with E-state index in [2.05, 4.69) is 13.8 Å². The molecule has 1 rings (SSSR count). The molecule has 1 fully saturated rings. The molecule has 1 atom stereocenters. The van der Waals surface area contributed by atoms with Crippen LogP contribution in [0, 0.1) is 5.92 Å². The van der Waals surface area contributed by atoms with Crippen molar-refractivity contribution in [3.63, 3.8) is 0 Å². The molecular weight excluding hydrogens is 262 g/mol. The number of rotatable bonds is 3. The second-order valence-electron chi connectivity index (χ2n) is 5.76. The summed E-state index contributed by atoms with van der Waals surface area (Å²) in [5.41, 5.74) is 0. The molecule has 0 aromatic rings. The number of amides is 1. The number of carbonyl (C=O) groups excluding carboxylic acids is 1. The van der Waals surface area contributed by atoms with E-state index in [1.165, 1.54) is 17.4 Å². The Morgan fingerprint density at radius 2 is 1.95 bits per heavy atom. The summed E-state index contributed by atoms with van der Waals surface area (Å²) >= 11 is 0. The van der Waals surface area contributed by atoms with Crippen LogP contribution in [-0.2, 0) is 4.79 Å². The highest BCUT2D eigenvalue weighted by Crippen LogP contribution is 2.30. The Morgan fingerprint density at radius 3 is 2.40 bits per heavy atom. The molecule has 0 aromatic heterocycles. The molecule has 1 amide bonds. The van der Waals surface area contributed by atoms with Crippen molar-refractivity contribution in [1.82, 2.24) is 9.80 Å². The van der Waals surface area contributed by atoms with E-state index in [4.69, 9.17) is 0 Å². The minimum absolute atomic E-state index is 0.127. The van der Waals surface area contributed by atoms with Crippen molar-refractivity contribution in [2.45, 2.75) is 39.5 Å². The van der Waals surface area contributed by atoms with Gasteiger partial charge in [-0.25, -0.2) is 8.78 Å². The summed E-state index contributed by atoms with van der Waals surface area (Å²) in [6.07, 6.45) is 4.20. The van der Waals surface area contributed by atoms with Crippen LogP contribution >= 0.6 is 0 Å². The number of likely N-dealkylation sites (N-methyl/N-ethyl adjacent to an activating group) is 1. The number of hydrogen-bond donors (Lipinski definition) is 0. The fourth-order valence-electron chi connectivity index (χ4n) is 2.00. The van der Waals surface area contributed by atoms with Gasteiger partial charge in [-0.2, -0.15) is 0 Å². The highest BCUT2D eigenvalue weighted by Gasteiger charge is 2.39. The SMILES string of the molecule is CCC.C[C@H]1CN(C(=O)/C=C/CN(C)C)CC(F)(F)C1. The second kappa shape index (κ2) is 9.06. The lowest BCUT2D eigenvalue weighted by Gasteiger charge is -2.35. The lowest BCUT2D eigenvalue weighted by atomic mass is 9.97. The van der Waals surface area contributed by atoms with Crippen molar-refractivity contribution < 1.29 is 13.6 Å². The summed E-state index contributed by atoms with van der Waals surface area (Å²) in [6, 6.07) is 0. The molecule has 0 aromatic carbocycles. The molecule has 0 bridgehead atoms. The molecule has 5 heteroatoms. The van der Waals surface area contributed by atoms with Crippen LogP contribution in [0.15, 0.2) is 12.2 Å². The molecule has 0 spiro atoms. The van der Waals surface area contributed by atoms with E-state index in [1.54, 1.807) is 13.0 Å². The first-order valence-corrected chi connectivity index (χ1v) is 7.19. The molecule has 0 unspecified atom stereocenters. The van der Waals surface area contributed by atoms with E-state index < -0.39 is 12.5 Å². The molecule has 1 aliphatic rings. The monoisotopic (exact) mass is 290 g/mol. The molecule has 118 valence electrons. The van der Waals surface area contributed by atoms with Gasteiger partial charge in [-0.3, -0.25) is 4.79 Å². The molecule has 20 heavy (non-hydrogen) atoms. The Kier molecular flexibility index (Phi) is 8.62. The van der Waals surface area contributed by atoms with E-state index in [0.29, 0.717) is 13.1 Å². The average Bonchev–Trinajstić information content (AvgIpc) is 2.26. The van der Waals surface area contributed by atoms with Crippen molar-refractivity contribution in [3.8, 4) is 0 Å². The largest absolute Gasteiger partial charge is 0.333 e. The van der Waals surface area contributed by atoms with Crippen LogP contribution in [0.25, 0.3) is 0 Å². The summed E-state index contributed by atoms with van der Waals surface area (Å²) in [5.74, 6) is -3.22. The van der Waals surface area contributed by atoms with Crippen molar-refractivity contribution >= 4 is 5.91 Å². The van der Waals surface area contributed by atoms with Crippen molar-refractivity contribution in [2.75, 3.05) is 33.7 Å². The maximum atomic E-state index is 13.3. The quantitative estimate of drug-likeness (QED) is 0.746. The van der Waals surface area contributed by atoms with Gasteiger partial charge in [0.05, 0.1) is 6.54 Å². The summed E-state index contributed by atoms with van der Waals surface area (Å²) in [5, 5.41) is 0. The van der Waals surface area contributed by atoms with Crippen molar-refractivity contribution in [1.29, 1.82) is 0 Å². The van der Waals surface area contributed by atoms with Crippen LogP contribution in [0.1, 0.15) is 33.6 Å². The predicted molar refractivity (Wildman–Crippen MR) is 79.0 cm³/mol. The minimum Gasteiger partial charge on any atom is -0.333 e. The topological polar surface area (TPSA) is 23.6 Å². The van der Waals surface area contributed by atoms with Gasteiger partial charge >= 0.3 is 0 Å². The first kappa shape index (κ1) is 19.0. The third-order valence-corrected chi connectivity index (χ3v) is 2.64. The van der Waals surface area contributed by atoms with Gasteiger partial charge in [0, 0.05) is 25.6 Å². The van der Waals surface area contributed by atoms with E-state index in [-0.39, 0.29) is 18.2 Å². The molecule has 1 heterocycles. The second-order valence-corrected chi connectivity index (χ2v) is 5.76. The molecule has 1 aliphatic heterocycles. The standard InChI is InChI=1S/C12H20F2N2O.C3H8/c1-10-7-12(13,14)9-16(8-10)11(17)5-4-6-15(2)3;1-3-2/h4-5,10H,6-9H2,1-3H3;3H2,1-2H3/b5-4+;/t10-;/m1./s1. The van der Waals surface area contributed by atoms with Crippen LogP contribution in [0.3, 0.4) is 0 Å². The molecule has 1 saturated heterocycles. The number of piperidine rings is 1. The van der Waals surface area contributed by atoms with Gasteiger partial charge in [0.1, 0.15) is 0 Å². The third kappa shape index (κ3) is 8.25. The lowest BCUT2D eigenvalue weighted by molar-refractivity contribution is -0.140. The highest BCUT2D eigenvalue weighted by atomic mass is 19.3. The van der Waals surface area contributed by atoms with E-state index in [1.807, 2.05) is 19.0 Å². The zero-order valence-electron chi connectivity index (χ0n) is 13.3. The third-order valence-electron chi connectivity index (χ3n) is 2.64. The maximum absolute atomic E-state index is 13.3. The van der Waals surface area contributed by atoms with Crippen LogP contribution in [0.4, 0.5) is 8.78 Å². The number of alkyl halides is 2. The van der Waals surface area contributed by atoms with Gasteiger partial charge in [0.25, 0.3) is 5.92 Å². The van der Waals surface area contributed by atoms with E-state index in [9.17, 15) is 13.6 Å². The number of nitrogens with zero attached hydrogens (tertiary/aromatic N) is 2. The van der Waals surface area contributed by atoms with Gasteiger partial charge in [-0.15, -0.1) is 0 Å². The van der Waals surface area contributed by atoms with E-state index >= 15 is 0 Å². The van der Waals surface area contributed by atoms with Crippen LogP contribution in [-0.4, -0.2) is 55.4 Å². The number of halogens is 2. The zero-order valence-corrected chi connectivity index (χ0v) is 13.3. The molecule has 0 saturated carbocycles.